The summed E-state index contributed by atoms with van der Waals surface area (Å²) >= 11 is 0. The van der Waals surface area contributed by atoms with E-state index in [1.54, 1.807) is 36.4 Å². The highest BCUT2D eigenvalue weighted by molar-refractivity contribution is 7.92. The van der Waals surface area contributed by atoms with Crippen molar-refractivity contribution in [2.75, 3.05) is 51.1 Å². The van der Waals surface area contributed by atoms with Gasteiger partial charge in [0.25, 0.3) is 15.9 Å². The summed E-state index contributed by atoms with van der Waals surface area (Å²) in [7, 11) is -3.45. The van der Waals surface area contributed by atoms with Crippen molar-refractivity contribution in [3.63, 3.8) is 0 Å². The lowest BCUT2D eigenvalue weighted by Crippen LogP contribution is -2.42. The average molecular weight is 972 g/mol. The molecule has 0 radical (unpaired) electrons. The van der Waals surface area contributed by atoms with E-state index >= 15 is 8.42 Å². The summed E-state index contributed by atoms with van der Waals surface area (Å²) < 4.78 is 75.2. The summed E-state index contributed by atoms with van der Waals surface area (Å²) in [6, 6.07) is 19.8. The first-order valence-electron chi connectivity index (χ1n) is 20.2. The monoisotopic (exact) mass is 971 g/mol. The summed E-state index contributed by atoms with van der Waals surface area (Å²) in [6.07, 6.45) is -1.48. The van der Waals surface area contributed by atoms with Crippen molar-refractivity contribution in [2.24, 2.45) is 0 Å². The first-order chi connectivity index (χ1) is 32.5. The Morgan fingerprint density at radius 2 is 1.40 bits per heavy atom. The van der Waals surface area contributed by atoms with E-state index in [0.29, 0.717) is 9.87 Å². The number of carbonyl (C=O) groups is 2. The van der Waals surface area contributed by atoms with E-state index in [9.17, 15) is 9.59 Å². The van der Waals surface area contributed by atoms with Gasteiger partial charge in [-0.2, -0.15) is 4.98 Å². The molecule has 1 atom stereocenters. The molecule has 5 rings (SSSR count). The van der Waals surface area contributed by atoms with Gasteiger partial charge in [-0.1, -0.05) is 57.2 Å². The molecule has 26 heteroatoms. The number of benzene rings is 3. The minimum atomic E-state index is -4.83. The number of hydrogen-bond acceptors (Lipinski definition) is 24. The number of rotatable bonds is 24. The van der Waals surface area contributed by atoms with Crippen molar-refractivity contribution in [1.29, 1.82) is 0 Å². The van der Waals surface area contributed by atoms with Gasteiger partial charge in [-0.25, -0.2) is 46.9 Å². The Hall–Kier alpha value is -6.85. The van der Waals surface area contributed by atoms with Crippen LogP contribution in [-0.2, 0) is 50.7 Å². The molecule has 2 heterocycles. The Bertz CT molecular complexity index is 2520. The van der Waals surface area contributed by atoms with E-state index in [1.165, 1.54) is 68.9 Å². The fourth-order valence-electron chi connectivity index (χ4n) is 5.71. The quantitative estimate of drug-likeness (QED) is 0.0185. The summed E-state index contributed by atoms with van der Waals surface area (Å²) in [4.78, 5) is 52.2. The molecule has 5 aromatic rings. The molecule has 366 valence electrons. The lowest BCUT2D eigenvalue weighted by Gasteiger charge is -2.30. The van der Waals surface area contributed by atoms with Crippen molar-refractivity contribution in [3.8, 4) is 40.5 Å². The topological polar surface area (TPSA) is 303 Å². The standard InChI is InChI=1S/C42H49N7O18S/c1-28(65-40(50)61-22-20-59-21-25-63-48(52)53)47(68(56,57)32-16-14-30(15-17-32)42(2,3)4)38-35(67-34-13-7-6-12-33(34)58-5)39(46-37(45-38)36-43-18-9-19-44-36)60-23-24-62-41(51)66-31-11-8-10-29(26-31)27-64-49(54)55/h6-19,26,28,52-55H,20-25,27H2,1-5H3. The highest BCUT2D eigenvalue weighted by Crippen LogP contribution is 2.44. The number of anilines is 1. The number of methoxy groups -OCH3 is 1. The molecule has 0 aliphatic carbocycles. The van der Waals surface area contributed by atoms with E-state index < -0.39 is 70.0 Å². The lowest BCUT2D eigenvalue weighted by molar-refractivity contribution is -0.497. The van der Waals surface area contributed by atoms with Crippen molar-refractivity contribution in [3.05, 3.63) is 102 Å². The van der Waals surface area contributed by atoms with Gasteiger partial charge >= 0.3 is 12.3 Å². The molecule has 0 amide bonds. The van der Waals surface area contributed by atoms with Crippen LogP contribution in [-0.4, -0.2) is 125 Å². The smallest absolute Gasteiger partial charge is 0.493 e. The number of aromatic nitrogens is 4. The fraction of sp³-hybridized carbons (Fsp3) is 0.333. The zero-order valence-corrected chi connectivity index (χ0v) is 38.0. The van der Waals surface area contributed by atoms with E-state index in [-0.39, 0.29) is 72.2 Å². The van der Waals surface area contributed by atoms with E-state index in [1.807, 2.05) is 20.8 Å². The van der Waals surface area contributed by atoms with E-state index in [4.69, 9.17) is 58.7 Å². The SMILES string of the molecule is COc1ccccc1Oc1c(OCCOC(=O)Oc2cccc(CON(O)O)c2)nc(-c2ncccn2)nc1N(C(C)OC(=O)OCCOCCON(O)O)S(=O)(=O)c1ccc(C(C)(C)C)cc1. The normalized spacial score (nSPS) is 12.0. The summed E-state index contributed by atoms with van der Waals surface area (Å²) in [5.74, 6) is -1.58. The molecule has 0 bridgehead atoms. The lowest BCUT2D eigenvalue weighted by atomic mass is 9.87. The molecule has 0 aliphatic rings. The third-order valence-corrected chi connectivity index (χ3v) is 10.7. The minimum absolute atomic E-state index is 0.0301. The molecular weight excluding hydrogens is 923 g/mol. The number of nitrogens with zero attached hydrogens (tertiary/aromatic N) is 7. The van der Waals surface area contributed by atoms with Crippen LogP contribution in [0.3, 0.4) is 0 Å². The van der Waals surface area contributed by atoms with Gasteiger partial charge in [0.05, 0.1) is 49.2 Å². The maximum Gasteiger partial charge on any atom is 0.513 e. The summed E-state index contributed by atoms with van der Waals surface area (Å²) in [5.41, 5.74) is 0.860. The van der Waals surface area contributed by atoms with E-state index in [0.717, 1.165) is 5.56 Å². The van der Waals surface area contributed by atoms with Crippen LogP contribution in [0.1, 0.15) is 38.8 Å². The number of para-hydroxylation sites is 2. The Morgan fingerprint density at radius 3 is 2.07 bits per heavy atom. The number of ether oxygens (including phenoxy) is 8. The molecular formula is C42H49N7O18S. The predicted octanol–water partition coefficient (Wildman–Crippen LogP) is 5.86. The molecule has 1 unspecified atom stereocenters. The Balaban J connectivity index is 1.55. The maximum absolute atomic E-state index is 15.1. The number of carbonyl (C=O) groups excluding carboxylic acids is 2. The molecule has 4 N–H and O–H groups in total. The van der Waals surface area contributed by atoms with Crippen molar-refractivity contribution < 1.29 is 86.4 Å². The molecule has 0 aliphatic heterocycles. The molecule has 0 fully saturated rings. The minimum Gasteiger partial charge on any atom is -0.493 e. The zero-order chi connectivity index (χ0) is 49.3. The third kappa shape index (κ3) is 15.3. The van der Waals surface area contributed by atoms with Gasteiger partial charge in [-0.15, -0.1) is 0 Å². The second kappa shape index (κ2) is 24.8. The van der Waals surface area contributed by atoms with Crippen LogP contribution >= 0.6 is 0 Å². The average Bonchev–Trinajstić information content (AvgIpc) is 3.30. The molecule has 25 nitrogen and oxygen atoms in total. The third-order valence-electron chi connectivity index (χ3n) is 8.82. The molecule has 2 aromatic heterocycles. The molecule has 0 spiro atoms. The van der Waals surface area contributed by atoms with Crippen molar-refractivity contribution >= 4 is 28.2 Å². The van der Waals surface area contributed by atoms with Gasteiger partial charge in [-0.05, 0) is 65.9 Å². The molecule has 68 heavy (non-hydrogen) atoms. The highest BCUT2D eigenvalue weighted by atomic mass is 32.2. The Labute approximate surface area is 389 Å². The van der Waals surface area contributed by atoms with Crippen LogP contribution in [0.4, 0.5) is 15.4 Å². The van der Waals surface area contributed by atoms with Crippen LogP contribution in [0.2, 0.25) is 0 Å². The van der Waals surface area contributed by atoms with Gasteiger partial charge in [0.2, 0.25) is 11.6 Å². The van der Waals surface area contributed by atoms with E-state index in [2.05, 4.69) is 29.6 Å². The van der Waals surface area contributed by atoms with Crippen LogP contribution in [0.5, 0.6) is 28.9 Å². The van der Waals surface area contributed by atoms with Crippen LogP contribution in [0, 0.1) is 0 Å². The highest BCUT2D eigenvalue weighted by Gasteiger charge is 2.39. The van der Waals surface area contributed by atoms with Gasteiger partial charge in [0.1, 0.15) is 25.6 Å². The van der Waals surface area contributed by atoms with Gasteiger partial charge in [0.15, 0.2) is 29.4 Å². The van der Waals surface area contributed by atoms with Crippen LogP contribution < -0.4 is 23.3 Å². The van der Waals surface area contributed by atoms with Gasteiger partial charge in [0, 0.05) is 12.4 Å². The van der Waals surface area contributed by atoms with Crippen LogP contribution in [0.15, 0.2) is 96.2 Å². The first kappa shape index (κ1) is 52.1. The van der Waals surface area contributed by atoms with Gasteiger partial charge in [-0.3, -0.25) is 20.8 Å². The van der Waals surface area contributed by atoms with Crippen molar-refractivity contribution in [2.45, 2.75) is 50.8 Å². The van der Waals surface area contributed by atoms with Gasteiger partial charge < -0.3 is 37.9 Å². The second-order valence-electron chi connectivity index (χ2n) is 14.6. The van der Waals surface area contributed by atoms with Crippen molar-refractivity contribution in [1.82, 2.24) is 30.7 Å². The first-order valence-corrected chi connectivity index (χ1v) is 21.6. The Kier molecular flexibility index (Phi) is 19.0. The molecule has 3 aromatic carbocycles. The largest absolute Gasteiger partial charge is 0.513 e. The fourth-order valence-corrected chi connectivity index (χ4v) is 7.20. The number of sulfonamides is 1. The summed E-state index contributed by atoms with van der Waals surface area (Å²) in [6.45, 7) is 4.97. The second-order valence-corrected chi connectivity index (χ2v) is 16.5. The summed E-state index contributed by atoms with van der Waals surface area (Å²) in [5, 5.41) is 34.1. The Morgan fingerprint density at radius 1 is 0.735 bits per heavy atom. The molecule has 0 saturated heterocycles. The predicted molar refractivity (Wildman–Crippen MR) is 229 cm³/mol. The zero-order valence-electron chi connectivity index (χ0n) is 37.2. The maximum atomic E-state index is 15.1. The van der Waals surface area contributed by atoms with Crippen LogP contribution in [0.25, 0.3) is 11.6 Å². The number of hydrogen-bond donors (Lipinski definition) is 4. The molecule has 0 saturated carbocycles.